The Kier molecular flexibility index (Phi) is 4.18. The molecule has 1 aromatic heterocycles. The van der Waals surface area contributed by atoms with Gasteiger partial charge in [-0.05, 0) is 32.9 Å². The minimum Gasteiger partial charge on any atom is -0.371 e. The van der Waals surface area contributed by atoms with Crippen LogP contribution in [0.25, 0.3) is 11.3 Å². The molecule has 0 aliphatic rings. The summed E-state index contributed by atoms with van der Waals surface area (Å²) in [4.78, 5) is 6.66. The number of aromatic nitrogens is 1. The highest BCUT2D eigenvalue weighted by Gasteiger charge is 2.11. The smallest absolute Gasteiger partial charge is 0.101 e. The summed E-state index contributed by atoms with van der Waals surface area (Å²) in [6.45, 7) is 8.00. The van der Waals surface area contributed by atoms with Crippen LogP contribution in [0.4, 0.5) is 5.69 Å². The van der Waals surface area contributed by atoms with Crippen molar-refractivity contribution in [2.45, 2.75) is 20.8 Å². The third kappa shape index (κ3) is 2.77. The zero-order valence-corrected chi connectivity index (χ0v) is 12.3. The van der Waals surface area contributed by atoms with Crippen LogP contribution in [0.5, 0.6) is 0 Å². The molecule has 0 fully saturated rings. The summed E-state index contributed by atoms with van der Waals surface area (Å²) in [6, 6.07) is 8.30. The van der Waals surface area contributed by atoms with Gasteiger partial charge < -0.3 is 4.90 Å². The Labute approximate surface area is 118 Å². The molecule has 2 rings (SSSR count). The molecule has 0 spiro atoms. The number of rotatable bonds is 4. The standard InChI is InChI=1S/C15H17N3S/c1-4-18(5-2)15-7-6-12(8-13(15)9-16)14-10-19-11(3)17-14/h6-8,10H,4-5H2,1-3H3. The highest BCUT2D eigenvalue weighted by molar-refractivity contribution is 7.09. The lowest BCUT2D eigenvalue weighted by Crippen LogP contribution is -2.22. The third-order valence-electron chi connectivity index (χ3n) is 3.14. The predicted molar refractivity (Wildman–Crippen MR) is 80.6 cm³/mol. The van der Waals surface area contributed by atoms with Crippen LogP contribution in [0, 0.1) is 18.3 Å². The molecule has 0 aliphatic heterocycles. The minimum atomic E-state index is 0.715. The van der Waals surface area contributed by atoms with E-state index in [0.717, 1.165) is 35.0 Å². The first-order valence-corrected chi connectivity index (χ1v) is 7.29. The zero-order valence-electron chi connectivity index (χ0n) is 11.5. The van der Waals surface area contributed by atoms with Crippen molar-refractivity contribution in [2.75, 3.05) is 18.0 Å². The van der Waals surface area contributed by atoms with Gasteiger partial charge in [-0.15, -0.1) is 11.3 Å². The van der Waals surface area contributed by atoms with E-state index in [0.29, 0.717) is 5.56 Å². The molecule has 0 N–H and O–H groups in total. The van der Waals surface area contributed by atoms with Gasteiger partial charge in [-0.25, -0.2) is 4.98 Å². The first-order chi connectivity index (χ1) is 9.19. The quantitative estimate of drug-likeness (QED) is 0.848. The van der Waals surface area contributed by atoms with Crippen molar-refractivity contribution < 1.29 is 0 Å². The van der Waals surface area contributed by atoms with Gasteiger partial charge in [-0.3, -0.25) is 0 Å². The molecule has 0 saturated carbocycles. The molecule has 19 heavy (non-hydrogen) atoms. The van der Waals surface area contributed by atoms with Crippen LogP contribution in [0.2, 0.25) is 0 Å². The van der Waals surface area contributed by atoms with Crippen molar-refractivity contribution in [2.24, 2.45) is 0 Å². The summed E-state index contributed by atoms with van der Waals surface area (Å²) in [5.41, 5.74) is 3.68. The maximum absolute atomic E-state index is 9.34. The van der Waals surface area contributed by atoms with E-state index in [1.54, 1.807) is 11.3 Å². The molecule has 2 aromatic rings. The van der Waals surface area contributed by atoms with Crippen molar-refractivity contribution in [3.8, 4) is 17.3 Å². The maximum Gasteiger partial charge on any atom is 0.101 e. The van der Waals surface area contributed by atoms with Gasteiger partial charge in [-0.2, -0.15) is 5.26 Å². The average molecular weight is 271 g/mol. The first kappa shape index (κ1) is 13.6. The lowest BCUT2D eigenvalue weighted by molar-refractivity contribution is 0.864. The maximum atomic E-state index is 9.34. The average Bonchev–Trinajstić information content (AvgIpc) is 2.87. The summed E-state index contributed by atoms with van der Waals surface area (Å²) in [7, 11) is 0. The number of benzene rings is 1. The highest BCUT2D eigenvalue weighted by atomic mass is 32.1. The van der Waals surface area contributed by atoms with E-state index in [4.69, 9.17) is 0 Å². The topological polar surface area (TPSA) is 39.9 Å². The molecule has 0 aliphatic carbocycles. The van der Waals surface area contributed by atoms with E-state index in [1.807, 2.05) is 30.5 Å². The summed E-state index contributed by atoms with van der Waals surface area (Å²) < 4.78 is 0. The van der Waals surface area contributed by atoms with Crippen LogP contribution in [0.3, 0.4) is 0 Å². The molecule has 4 heteroatoms. The monoisotopic (exact) mass is 271 g/mol. The minimum absolute atomic E-state index is 0.715. The van der Waals surface area contributed by atoms with Crippen molar-refractivity contribution in [1.82, 2.24) is 4.98 Å². The van der Waals surface area contributed by atoms with Gasteiger partial charge in [0.05, 0.1) is 22.0 Å². The number of aryl methyl sites for hydroxylation is 1. The van der Waals surface area contributed by atoms with Gasteiger partial charge >= 0.3 is 0 Å². The number of hydrogen-bond acceptors (Lipinski definition) is 4. The van der Waals surface area contributed by atoms with Gasteiger partial charge in [0.2, 0.25) is 0 Å². The zero-order chi connectivity index (χ0) is 13.8. The molecule has 3 nitrogen and oxygen atoms in total. The second kappa shape index (κ2) is 5.85. The molecular weight excluding hydrogens is 254 g/mol. The second-order valence-electron chi connectivity index (χ2n) is 4.27. The van der Waals surface area contributed by atoms with Gasteiger partial charge in [-0.1, -0.05) is 6.07 Å². The number of nitrogens with zero attached hydrogens (tertiary/aromatic N) is 3. The normalized spacial score (nSPS) is 10.2. The Morgan fingerprint density at radius 3 is 2.58 bits per heavy atom. The summed E-state index contributed by atoms with van der Waals surface area (Å²) in [5, 5.41) is 12.4. The van der Waals surface area contributed by atoms with Crippen LogP contribution in [-0.4, -0.2) is 18.1 Å². The van der Waals surface area contributed by atoms with Crippen molar-refractivity contribution in [3.63, 3.8) is 0 Å². The summed E-state index contributed by atoms with van der Waals surface area (Å²) in [6.07, 6.45) is 0. The van der Waals surface area contributed by atoms with Crippen molar-refractivity contribution in [3.05, 3.63) is 34.2 Å². The fourth-order valence-electron chi connectivity index (χ4n) is 2.12. The molecule has 0 amide bonds. The Bertz CT molecular complexity index is 606. The van der Waals surface area contributed by atoms with Crippen LogP contribution in [0.15, 0.2) is 23.6 Å². The Hall–Kier alpha value is -1.86. The van der Waals surface area contributed by atoms with Gasteiger partial charge in [0.1, 0.15) is 6.07 Å². The lowest BCUT2D eigenvalue weighted by Gasteiger charge is -2.22. The van der Waals surface area contributed by atoms with Crippen LogP contribution in [-0.2, 0) is 0 Å². The number of anilines is 1. The lowest BCUT2D eigenvalue weighted by atomic mass is 10.1. The van der Waals surface area contributed by atoms with E-state index in [-0.39, 0.29) is 0 Å². The van der Waals surface area contributed by atoms with Crippen LogP contribution >= 0.6 is 11.3 Å². The van der Waals surface area contributed by atoms with Crippen LogP contribution in [0.1, 0.15) is 24.4 Å². The van der Waals surface area contributed by atoms with Gasteiger partial charge in [0.15, 0.2) is 0 Å². The van der Waals surface area contributed by atoms with E-state index in [9.17, 15) is 5.26 Å². The highest BCUT2D eigenvalue weighted by Crippen LogP contribution is 2.27. The number of hydrogen-bond donors (Lipinski definition) is 0. The van der Waals surface area contributed by atoms with E-state index < -0.39 is 0 Å². The molecule has 98 valence electrons. The third-order valence-corrected chi connectivity index (χ3v) is 3.91. The van der Waals surface area contributed by atoms with E-state index in [2.05, 4.69) is 29.8 Å². The summed E-state index contributed by atoms with van der Waals surface area (Å²) in [5.74, 6) is 0. The van der Waals surface area contributed by atoms with E-state index >= 15 is 0 Å². The SMILES string of the molecule is CCN(CC)c1ccc(-c2csc(C)n2)cc1C#N. The Balaban J connectivity index is 2.44. The largest absolute Gasteiger partial charge is 0.371 e. The fourth-order valence-corrected chi connectivity index (χ4v) is 2.74. The first-order valence-electron chi connectivity index (χ1n) is 6.41. The van der Waals surface area contributed by atoms with Crippen molar-refractivity contribution >= 4 is 17.0 Å². The number of thiazole rings is 1. The molecule has 1 aromatic carbocycles. The Morgan fingerprint density at radius 2 is 2.05 bits per heavy atom. The van der Waals surface area contributed by atoms with Gasteiger partial charge in [0, 0.05) is 24.0 Å². The van der Waals surface area contributed by atoms with Gasteiger partial charge in [0.25, 0.3) is 0 Å². The molecular formula is C15H17N3S. The Morgan fingerprint density at radius 1 is 1.32 bits per heavy atom. The molecule has 0 saturated heterocycles. The fraction of sp³-hybridized carbons (Fsp3) is 0.333. The van der Waals surface area contributed by atoms with E-state index in [1.165, 1.54) is 0 Å². The van der Waals surface area contributed by atoms with Crippen molar-refractivity contribution in [1.29, 1.82) is 5.26 Å². The predicted octanol–water partition coefficient (Wildman–Crippen LogP) is 3.84. The molecule has 0 unspecified atom stereocenters. The van der Waals surface area contributed by atoms with Crippen LogP contribution < -0.4 is 4.90 Å². The molecule has 0 atom stereocenters. The molecule has 1 heterocycles. The number of nitriles is 1. The second-order valence-corrected chi connectivity index (χ2v) is 5.33. The molecule has 0 radical (unpaired) electrons. The summed E-state index contributed by atoms with van der Waals surface area (Å²) >= 11 is 1.63. The molecule has 0 bridgehead atoms.